The van der Waals surface area contributed by atoms with E-state index in [9.17, 15) is 29.8 Å². The summed E-state index contributed by atoms with van der Waals surface area (Å²) < 4.78 is 9.87. The molecule has 0 atom stereocenters. The lowest BCUT2D eigenvalue weighted by atomic mass is 10.1. The molecule has 0 unspecified atom stereocenters. The zero-order valence-corrected chi connectivity index (χ0v) is 17.8. The molecule has 1 aliphatic heterocycles. The third-order valence-electron chi connectivity index (χ3n) is 5.11. The van der Waals surface area contributed by atoms with E-state index in [4.69, 9.17) is 9.47 Å². The van der Waals surface area contributed by atoms with Crippen LogP contribution in [0.4, 0.5) is 22.7 Å². The number of amides is 1. The average molecular weight is 458 g/mol. The quantitative estimate of drug-likeness (QED) is 0.356. The molecule has 12 nitrogen and oxygen atoms in total. The van der Waals surface area contributed by atoms with Gasteiger partial charge >= 0.3 is 5.97 Å². The molecular weight excluding hydrogens is 436 g/mol. The minimum Gasteiger partial charge on any atom is -0.496 e. The van der Waals surface area contributed by atoms with Gasteiger partial charge in [-0.1, -0.05) is 0 Å². The summed E-state index contributed by atoms with van der Waals surface area (Å²) in [6.07, 6.45) is 2.93. The number of nitrogens with one attached hydrogen (secondary N) is 1. The van der Waals surface area contributed by atoms with Gasteiger partial charge in [0, 0.05) is 19.2 Å². The Kier molecular flexibility index (Phi) is 7.38. The summed E-state index contributed by atoms with van der Waals surface area (Å²) in [4.78, 5) is 47.9. The van der Waals surface area contributed by atoms with Gasteiger partial charge in [0.25, 0.3) is 17.3 Å². The maximum Gasteiger partial charge on any atom is 0.338 e. The first-order valence-corrected chi connectivity index (χ1v) is 10.1. The minimum absolute atomic E-state index is 0.0781. The molecule has 1 saturated heterocycles. The minimum atomic E-state index is -0.928. The molecule has 0 aliphatic carbocycles. The predicted octanol–water partition coefficient (Wildman–Crippen LogP) is 3.30. The molecule has 12 heteroatoms. The molecule has 0 bridgehead atoms. The number of hydrogen-bond donors (Lipinski definition) is 1. The molecule has 1 amide bonds. The van der Waals surface area contributed by atoms with Gasteiger partial charge in [0.1, 0.15) is 17.1 Å². The lowest BCUT2D eigenvalue weighted by molar-refractivity contribution is -0.384. The Hall–Kier alpha value is -4.22. The standard InChI is InChI=1S/C21H22N4O8/c1-32-15-6-7-16(18(12-15)24(28)29)22-20(26)13-33-21(27)14-5-8-17(19(11-14)25(30)31)23-9-3-2-4-10-23/h5-8,11-12H,2-4,9-10,13H2,1H3,(H,22,26). The number of esters is 1. The number of nitro benzene ring substituents is 2. The summed E-state index contributed by atoms with van der Waals surface area (Å²) >= 11 is 0. The van der Waals surface area contributed by atoms with Crippen LogP contribution >= 0.6 is 0 Å². The molecule has 0 radical (unpaired) electrons. The number of hydrogen-bond acceptors (Lipinski definition) is 9. The molecule has 0 aromatic heterocycles. The molecule has 2 aromatic rings. The molecule has 0 spiro atoms. The van der Waals surface area contributed by atoms with Crippen LogP contribution in [0.1, 0.15) is 29.6 Å². The highest BCUT2D eigenvalue weighted by Crippen LogP contribution is 2.32. The van der Waals surface area contributed by atoms with Crippen LogP contribution in [-0.4, -0.2) is 48.5 Å². The largest absolute Gasteiger partial charge is 0.496 e. The normalized spacial score (nSPS) is 13.2. The summed E-state index contributed by atoms with van der Waals surface area (Å²) in [5, 5.41) is 25.0. The Labute approximate surface area is 188 Å². The van der Waals surface area contributed by atoms with Crippen molar-refractivity contribution in [2.75, 3.05) is 37.0 Å². The van der Waals surface area contributed by atoms with Gasteiger partial charge in [0.05, 0.1) is 28.6 Å². The van der Waals surface area contributed by atoms with Gasteiger partial charge < -0.3 is 19.7 Å². The molecule has 33 heavy (non-hydrogen) atoms. The van der Waals surface area contributed by atoms with Crippen molar-refractivity contribution in [3.05, 3.63) is 62.2 Å². The van der Waals surface area contributed by atoms with Crippen molar-refractivity contribution >= 4 is 34.6 Å². The predicted molar refractivity (Wildman–Crippen MR) is 118 cm³/mol. The van der Waals surface area contributed by atoms with Crippen LogP contribution in [0.2, 0.25) is 0 Å². The Bertz CT molecular complexity index is 1080. The van der Waals surface area contributed by atoms with Crippen molar-refractivity contribution in [1.29, 1.82) is 0 Å². The van der Waals surface area contributed by atoms with Crippen LogP contribution in [0, 0.1) is 20.2 Å². The monoisotopic (exact) mass is 458 g/mol. The summed E-state index contributed by atoms with van der Waals surface area (Å²) in [6.45, 7) is 0.661. The highest BCUT2D eigenvalue weighted by Gasteiger charge is 2.24. The summed E-state index contributed by atoms with van der Waals surface area (Å²) in [7, 11) is 1.35. The molecule has 0 saturated carbocycles. The Morgan fingerprint density at radius 3 is 2.33 bits per heavy atom. The zero-order chi connectivity index (χ0) is 24.0. The zero-order valence-electron chi connectivity index (χ0n) is 17.8. The number of ether oxygens (including phenoxy) is 2. The third-order valence-corrected chi connectivity index (χ3v) is 5.11. The fraction of sp³-hybridized carbons (Fsp3) is 0.333. The fourth-order valence-electron chi connectivity index (χ4n) is 3.49. The van der Waals surface area contributed by atoms with Crippen LogP contribution in [0.25, 0.3) is 0 Å². The first-order valence-electron chi connectivity index (χ1n) is 10.1. The van der Waals surface area contributed by atoms with E-state index in [-0.39, 0.29) is 22.7 Å². The SMILES string of the molecule is COc1ccc(NC(=O)COC(=O)c2ccc(N3CCCCC3)c([N+](=O)[O-])c2)c([N+](=O)[O-])c1. The Morgan fingerprint density at radius 2 is 1.70 bits per heavy atom. The van der Waals surface area contributed by atoms with Gasteiger partial charge in [-0.25, -0.2) is 4.79 Å². The number of nitro groups is 2. The van der Waals surface area contributed by atoms with E-state index < -0.39 is 34.0 Å². The maximum absolute atomic E-state index is 12.4. The van der Waals surface area contributed by atoms with Crippen LogP contribution in [-0.2, 0) is 9.53 Å². The summed E-state index contributed by atoms with van der Waals surface area (Å²) in [6, 6.07) is 7.90. The van der Waals surface area contributed by atoms with Crippen LogP contribution in [0.15, 0.2) is 36.4 Å². The molecular formula is C21H22N4O8. The molecule has 1 fully saturated rings. The molecule has 1 N–H and O–H groups in total. The highest BCUT2D eigenvalue weighted by molar-refractivity contribution is 5.97. The number of methoxy groups -OCH3 is 1. The average Bonchev–Trinajstić information content (AvgIpc) is 2.82. The first kappa shape index (κ1) is 23.4. The van der Waals surface area contributed by atoms with Gasteiger partial charge in [-0.2, -0.15) is 0 Å². The van der Waals surface area contributed by atoms with Crippen molar-refractivity contribution in [2.24, 2.45) is 0 Å². The highest BCUT2D eigenvalue weighted by atomic mass is 16.6. The van der Waals surface area contributed by atoms with E-state index in [1.807, 2.05) is 4.90 Å². The van der Waals surface area contributed by atoms with Crippen LogP contribution in [0.5, 0.6) is 5.75 Å². The van der Waals surface area contributed by atoms with Gasteiger partial charge in [0.2, 0.25) is 0 Å². The van der Waals surface area contributed by atoms with Gasteiger partial charge in [-0.05, 0) is 43.5 Å². The van der Waals surface area contributed by atoms with Crippen LogP contribution in [0.3, 0.4) is 0 Å². The topological polar surface area (TPSA) is 154 Å². The van der Waals surface area contributed by atoms with E-state index in [1.165, 1.54) is 31.4 Å². The van der Waals surface area contributed by atoms with E-state index in [0.717, 1.165) is 31.4 Å². The van der Waals surface area contributed by atoms with Crippen molar-refractivity contribution in [3.8, 4) is 5.75 Å². The number of anilines is 2. The van der Waals surface area contributed by atoms with E-state index in [1.54, 1.807) is 0 Å². The summed E-state index contributed by atoms with van der Waals surface area (Å²) in [5.74, 6) is -1.50. The van der Waals surface area contributed by atoms with Crippen molar-refractivity contribution in [1.82, 2.24) is 0 Å². The number of nitrogens with zero attached hydrogens (tertiary/aromatic N) is 3. The lowest BCUT2D eigenvalue weighted by Crippen LogP contribution is -2.30. The van der Waals surface area contributed by atoms with Gasteiger partial charge in [-0.3, -0.25) is 25.0 Å². The van der Waals surface area contributed by atoms with Crippen molar-refractivity contribution in [2.45, 2.75) is 19.3 Å². The number of carbonyl (C=O) groups excluding carboxylic acids is 2. The first-order chi connectivity index (χ1) is 15.8. The molecule has 1 aliphatic rings. The van der Waals surface area contributed by atoms with E-state index >= 15 is 0 Å². The number of benzene rings is 2. The fourth-order valence-corrected chi connectivity index (χ4v) is 3.49. The van der Waals surface area contributed by atoms with Crippen LogP contribution < -0.4 is 15.0 Å². The Morgan fingerprint density at radius 1 is 1.00 bits per heavy atom. The van der Waals surface area contributed by atoms with Gasteiger partial charge in [0.15, 0.2) is 6.61 Å². The second-order valence-corrected chi connectivity index (χ2v) is 7.27. The maximum atomic E-state index is 12.4. The molecule has 2 aromatic carbocycles. The number of rotatable bonds is 8. The van der Waals surface area contributed by atoms with Crippen molar-refractivity contribution in [3.63, 3.8) is 0 Å². The second kappa shape index (κ2) is 10.4. The Balaban J connectivity index is 1.67. The summed E-state index contributed by atoms with van der Waals surface area (Å²) in [5.41, 5.74) is -0.350. The molecule has 174 valence electrons. The molecule has 1 heterocycles. The van der Waals surface area contributed by atoms with E-state index in [2.05, 4.69) is 5.32 Å². The molecule has 3 rings (SSSR count). The second-order valence-electron chi connectivity index (χ2n) is 7.27. The van der Waals surface area contributed by atoms with Gasteiger partial charge in [-0.15, -0.1) is 0 Å². The third kappa shape index (κ3) is 5.73. The number of piperidine rings is 1. The van der Waals surface area contributed by atoms with E-state index in [0.29, 0.717) is 18.8 Å². The van der Waals surface area contributed by atoms with Crippen molar-refractivity contribution < 1.29 is 28.9 Å². The number of carbonyl (C=O) groups is 2. The smallest absolute Gasteiger partial charge is 0.338 e. The lowest BCUT2D eigenvalue weighted by Gasteiger charge is -2.28.